The Kier molecular flexibility index (Phi) is 5.88. The quantitative estimate of drug-likeness (QED) is 0.774. The molecule has 27 heavy (non-hydrogen) atoms. The molecule has 0 unspecified atom stereocenters. The van der Waals surface area contributed by atoms with E-state index in [2.05, 4.69) is 21.2 Å². The Labute approximate surface area is 168 Å². The van der Waals surface area contributed by atoms with Crippen molar-refractivity contribution in [2.45, 2.75) is 18.7 Å². The van der Waals surface area contributed by atoms with E-state index in [0.717, 1.165) is 15.6 Å². The molecule has 8 heteroatoms. The van der Waals surface area contributed by atoms with Gasteiger partial charge in [0, 0.05) is 30.7 Å². The van der Waals surface area contributed by atoms with Crippen LogP contribution in [0.3, 0.4) is 0 Å². The number of anilines is 1. The number of urea groups is 1. The highest BCUT2D eigenvalue weighted by Gasteiger charge is 2.31. The first-order valence-corrected chi connectivity index (χ1v) is 10.9. The molecular weight excluding hydrogens is 430 g/mol. The number of hydrogen-bond acceptors (Lipinski definition) is 3. The van der Waals surface area contributed by atoms with Crippen molar-refractivity contribution in [3.8, 4) is 0 Å². The van der Waals surface area contributed by atoms with E-state index >= 15 is 0 Å². The number of hydrogen-bond donors (Lipinski definition) is 1. The molecule has 0 spiro atoms. The minimum Gasteiger partial charge on any atom is -0.322 e. The first kappa shape index (κ1) is 19.9. The molecule has 1 aliphatic heterocycles. The molecule has 1 saturated heterocycles. The van der Waals surface area contributed by atoms with E-state index in [9.17, 15) is 13.2 Å². The maximum Gasteiger partial charge on any atom is 0.321 e. The molecule has 0 aromatic heterocycles. The summed E-state index contributed by atoms with van der Waals surface area (Å²) in [5.74, 6) is 0. The molecule has 1 aliphatic rings. The summed E-state index contributed by atoms with van der Waals surface area (Å²) in [6.45, 7) is 4.93. The van der Waals surface area contributed by atoms with E-state index in [-0.39, 0.29) is 19.1 Å². The van der Waals surface area contributed by atoms with Crippen molar-refractivity contribution >= 4 is 37.7 Å². The van der Waals surface area contributed by atoms with Gasteiger partial charge in [0.25, 0.3) is 0 Å². The summed E-state index contributed by atoms with van der Waals surface area (Å²) in [7, 11) is -3.56. The lowest BCUT2D eigenvalue weighted by Crippen LogP contribution is -2.51. The number of para-hydroxylation sites is 1. The lowest BCUT2D eigenvalue weighted by Gasteiger charge is -2.34. The SMILES string of the molecule is Cc1ccc(C)c(S(=O)(=O)N2CCN(C(=O)Nc3ccccc3Br)CC2)c1. The van der Waals surface area contributed by atoms with Gasteiger partial charge in [-0.3, -0.25) is 0 Å². The number of piperazine rings is 1. The van der Waals surface area contributed by atoms with Gasteiger partial charge in [0.05, 0.1) is 10.6 Å². The fraction of sp³-hybridized carbons (Fsp3) is 0.316. The first-order chi connectivity index (χ1) is 12.8. The van der Waals surface area contributed by atoms with Crippen molar-refractivity contribution in [1.82, 2.24) is 9.21 Å². The van der Waals surface area contributed by atoms with Crippen LogP contribution in [-0.2, 0) is 10.0 Å². The third-order valence-corrected chi connectivity index (χ3v) is 7.33. The number of nitrogens with one attached hydrogen (secondary N) is 1. The maximum absolute atomic E-state index is 13.0. The summed E-state index contributed by atoms with van der Waals surface area (Å²) in [6, 6.07) is 12.6. The van der Waals surface area contributed by atoms with Crippen LogP contribution in [0, 0.1) is 13.8 Å². The number of rotatable bonds is 3. The molecule has 6 nitrogen and oxygen atoms in total. The van der Waals surface area contributed by atoms with Crippen molar-refractivity contribution in [2.75, 3.05) is 31.5 Å². The van der Waals surface area contributed by atoms with Crippen LogP contribution in [0.5, 0.6) is 0 Å². The molecule has 0 bridgehead atoms. The second-order valence-electron chi connectivity index (χ2n) is 6.57. The molecule has 0 atom stereocenters. The predicted octanol–water partition coefficient (Wildman–Crippen LogP) is 3.60. The maximum atomic E-state index is 13.0. The van der Waals surface area contributed by atoms with Gasteiger partial charge in [-0.15, -0.1) is 0 Å². The summed E-state index contributed by atoms with van der Waals surface area (Å²) in [5, 5.41) is 2.85. The fourth-order valence-corrected chi connectivity index (χ4v) is 5.13. The van der Waals surface area contributed by atoms with Crippen LogP contribution in [0.4, 0.5) is 10.5 Å². The molecule has 3 rings (SSSR count). The molecule has 2 aromatic rings. The predicted molar refractivity (Wildman–Crippen MR) is 109 cm³/mol. The highest BCUT2D eigenvalue weighted by molar-refractivity contribution is 9.10. The summed E-state index contributed by atoms with van der Waals surface area (Å²) in [5.41, 5.74) is 2.33. The largest absolute Gasteiger partial charge is 0.322 e. The summed E-state index contributed by atoms with van der Waals surface area (Å²) < 4.78 is 28.2. The van der Waals surface area contributed by atoms with Crippen LogP contribution < -0.4 is 5.32 Å². The second kappa shape index (κ2) is 8.00. The monoisotopic (exact) mass is 451 g/mol. The van der Waals surface area contributed by atoms with Gasteiger partial charge in [-0.1, -0.05) is 24.3 Å². The van der Waals surface area contributed by atoms with E-state index in [1.54, 1.807) is 17.9 Å². The van der Waals surface area contributed by atoms with Gasteiger partial charge in [-0.05, 0) is 59.1 Å². The molecule has 0 aliphatic carbocycles. The second-order valence-corrected chi connectivity index (χ2v) is 9.33. The first-order valence-electron chi connectivity index (χ1n) is 8.67. The van der Waals surface area contributed by atoms with E-state index < -0.39 is 10.0 Å². The zero-order chi connectivity index (χ0) is 19.6. The van der Waals surface area contributed by atoms with Crippen LogP contribution in [0.1, 0.15) is 11.1 Å². The number of carbonyl (C=O) groups excluding carboxylic acids is 1. The highest BCUT2D eigenvalue weighted by atomic mass is 79.9. The molecule has 0 saturated carbocycles. The van der Waals surface area contributed by atoms with Gasteiger partial charge in [0.2, 0.25) is 10.0 Å². The van der Waals surface area contributed by atoms with Gasteiger partial charge >= 0.3 is 6.03 Å². The summed E-state index contributed by atoms with van der Waals surface area (Å²) in [4.78, 5) is 14.4. The Morgan fingerprint density at radius 2 is 1.70 bits per heavy atom. The fourth-order valence-electron chi connectivity index (χ4n) is 3.01. The Balaban J connectivity index is 1.67. The molecule has 2 aromatic carbocycles. The summed E-state index contributed by atoms with van der Waals surface area (Å²) >= 11 is 3.40. The smallest absolute Gasteiger partial charge is 0.321 e. The zero-order valence-corrected chi connectivity index (χ0v) is 17.7. The van der Waals surface area contributed by atoms with Crippen LogP contribution in [0.2, 0.25) is 0 Å². The summed E-state index contributed by atoms with van der Waals surface area (Å²) in [6.07, 6.45) is 0. The number of halogens is 1. The molecule has 1 fully saturated rings. The highest BCUT2D eigenvalue weighted by Crippen LogP contribution is 2.24. The van der Waals surface area contributed by atoms with Crippen LogP contribution in [0.25, 0.3) is 0 Å². The van der Waals surface area contributed by atoms with Gasteiger partial charge in [0.15, 0.2) is 0 Å². The molecule has 144 valence electrons. The van der Waals surface area contributed by atoms with Gasteiger partial charge in [-0.25, -0.2) is 13.2 Å². The third-order valence-electron chi connectivity index (χ3n) is 4.60. The normalized spacial score (nSPS) is 15.6. The number of amides is 2. The molecule has 2 amide bonds. The lowest BCUT2D eigenvalue weighted by atomic mass is 10.2. The molecule has 1 heterocycles. The van der Waals surface area contributed by atoms with Crippen molar-refractivity contribution < 1.29 is 13.2 Å². The minimum atomic E-state index is -3.56. The Hall–Kier alpha value is -1.90. The number of sulfonamides is 1. The topological polar surface area (TPSA) is 69.7 Å². The Morgan fingerprint density at radius 3 is 2.37 bits per heavy atom. The molecular formula is C19H22BrN3O3S. The average Bonchev–Trinajstić information content (AvgIpc) is 2.65. The number of benzene rings is 2. The third kappa shape index (κ3) is 4.34. The molecule has 0 radical (unpaired) electrons. The number of aryl methyl sites for hydroxylation is 2. The van der Waals surface area contributed by atoms with Gasteiger partial charge in [0.1, 0.15) is 0 Å². The van der Waals surface area contributed by atoms with Crippen molar-refractivity contribution in [2.24, 2.45) is 0 Å². The van der Waals surface area contributed by atoms with Crippen molar-refractivity contribution in [1.29, 1.82) is 0 Å². The Morgan fingerprint density at radius 1 is 1.04 bits per heavy atom. The lowest BCUT2D eigenvalue weighted by molar-refractivity contribution is 0.184. The standard InChI is InChI=1S/C19H22BrN3O3S/c1-14-7-8-15(2)18(13-14)27(25,26)23-11-9-22(10-12-23)19(24)21-17-6-4-3-5-16(17)20/h3-8,13H,9-12H2,1-2H3,(H,21,24). The average molecular weight is 452 g/mol. The minimum absolute atomic E-state index is 0.231. The van der Waals surface area contributed by atoms with Gasteiger partial charge in [-0.2, -0.15) is 4.31 Å². The molecule has 1 N–H and O–H groups in total. The zero-order valence-electron chi connectivity index (χ0n) is 15.3. The van der Waals surface area contributed by atoms with E-state index in [0.29, 0.717) is 23.7 Å². The van der Waals surface area contributed by atoms with Crippen molar-refractivity contribution in [3.05, 3.63) is 58.1 Å². The number of carbonyl (C=O) groups is 1. The van der Waals surface area contributed by atoms with Crippen molar-refractivity contribution in [3.63, 3.8) is 0 Å². The van der Waals surface area contributed by atoms with E-state index in [1.165, 1.54) is 4.31 Å². The van der Waals surface area contributed by atoms with E-state index in [4.69, 9.17) is 0 Å². The van der Waals surface area contributed by atoms with Gasteiger partial charge < -0.3 is 10.2 Å². The van der Waals surface area contributed by atoms with E-state index in [1.807, 2.05) is 43.3 Å². The van der Waals surface area contributed by atoms with Crippen LogP contribution >= 0.6 is 15.9 Å². The van der Waals surface area contributed by atoms with Crippen LogP contribution in [-0.4, -0.2) is 49.8 Å². The van der Waals surface area contributed by atoms with Crippen LogP contribution in [0.15, 0.2) is 51.8 Å². The number of nitrogens with zero attached hydrogens (tertiary/aromatic N) is 2. The Bertz CT molecular complexity index is 954.